The van der Waals surface area contributed by atoms with E-state index in [4.69, 9.17) is 14.2 Å². The van der Waals surface area contributed by atoms with Crippen LogP contribution in [0.1, 0.15) is 18.9 Å². The minimum atomic E-state index is -0.662. The van der Waals surface area contributed by atoms with Crippen LogP contribution in [0.5, 0.6) is 5.75 Å². The van der Waals surface area contributed by atoms with E-state index in [9.17, 15) is 9.59 Å². The zero-order valence-corrected chi connectivity index (χ0v) is 11.5. The van der Waals surface area contributed by atoms with E-state index in [0.717, 1.165) is 5.56 Å². The van der Waals surface area contributed by atoms with Crippen molar-refractivity contribution in [1.82, 2.24) is 0 Å². The van der Waals surface area contributed by atoms with Crippen LogP contribution in [0.4, 0.5) is 10.5 Å². The fraction of sp³-hybridized carbons (Fsp3) is 0.429. The molecule has 0 aliphatic carbocycles. The van der Waals surface area contributed by atoms with Crippen LogP contribution in [0.25, 0.3) is 0 Å². The van der Waals surface area contributed by atoms with Gasteiger partial charge in [-0.3, -0.25) is 4.79 Å². The Labute approximate surface area is 116 Å². The maximum absolute atomic E-state index is 12.0. The largest absolute Gasteiger partial charge is 0.497 e. The van der Waals surface area contributed by atoms with Gasteiger partial charge >= 0.3 is 12.1 Å². The van der Waals surface area contributed by atoms with E-state index >= 15 is 0 Å². The van der Waals surface area contributed by atoms with Crippen LogP contribution < -0.4 is 9.64 Å². The third-order valence-electron chi connectivity index (χ3n) is 3.98. The van der Waals surface area contributed by atoms with E-state index in [1.54, 1.807) is 19.2 Å². The molecule has 106 valence electrons. The first-order chi connectivity index (χ1) is 9.51. The summed E-state index contributed by atoms with van der Waals surface area (Å²) in [5, 5.41) is 0. The molecule has 0 N–H and O–H groups in total. The van der Waals surface area contributed by atoms with Gasteiger partial charge in [0.2, 0.25) is 0 Å². The maximum Gasteiger partial charge on any atom is 0.417 e. The van der Waals surface area contributed by atoms with Crippen molar-refractivity contribution in [2.45, 2.75) is 25.0 Å². The highest BCUT2D eigenvalue weighted by Gasteiger charge is 2.58. The van der Waals surface area contributed by atoms with Crippen molar-refractivity contribution in [2.75, 3.05) is 19.1 Å². The molecule has 0 bridgehead atoms. The summed E-state index contributed by atoms with van der Waals surface area (Å²) in [4.78, 5) is 25.0. The maximum atomic E-state index is 12.0. The molecule has 6 heteroatoms. The third kappa shape index (κ3) is 1.51. The summed E-state index contributed by atoms with van der Waals surface area (Å²) >= 11 is 0. The number of methoxy groups -OCH3 is 2. The Hall–Kier alpha value is -2.24. The average Bonchev–Trinajstić information content (AvgIpc) is 2.85. The van der Waals surface area contributed by atoms with Crippen molar-refractivity contribution in [2.24, 2.45) is 0 Å². The van der Waals surface area contributed by atoms with Crippen LogP contribution in [0.15, 0.2) is 18.2 Å². The molecule has 0 aromatic heterocycles. The quantitative estimate of drug-likeness (QED) is 0.732. The van der Waals surface area contributed by atoms with Gasteiger partial charge in [0.15, 0.2) is 6.23 Å². The summed E-state index contributed by atoms with van der Waals surface area (Å²) in [5.74, 6) is 0.356. The van der Waals surface area contributed by atoms with Crippen molar-refractivity contribution in [3.8, 4) is 5.75 Å². The van der Waals surface area contributed by atoms with Crippen LogP contribution in [0, 0.1) is 0 Å². The number of hydrogen-bond donors (Lipinski definition) is 0. The fourth-order valence-corrected chi connectivity index (χ4v) is 2.98. The number of hydrogen-bond acceptors (Lipinski definition) is 5. The molecule has 1 saturated heterocycles. The van der Waals surface area contributed by atoms with Crippen molar-refractivity contribution >= 4 is 17.7 Å². The second kappa shape index (κ2) is 4.13. The van der Waals surface area contributed by atoms with Crippen LogP contribution in [-0.2, 0) is 19.7 Å². The number of carbonyl (C=O) groups is 2. The second-order valence-electron chi connectivity index (χ2n) is 5.16. The summed E-state index contributed by atoms with van der Waals surface area (Å²) < 4.78 is 15.3. The predicted molar refractivity (Wildman–Crippen MR) is 69.7 cm³/mol. The van der Waals surface area contributed by atoms with Gasteiger partial charge in [0.25, 0.3) is 0 Å². The normalized spacial score (nSPS) is 26.9. The molecule has 2 aliphatic rings. The summed E-state index contributed by atoms with van der Waals surface area (Å²) in [7, 11) is 2.88. The Bertz CT molecular complexity index is 599. The number of benzene rings is 1. The minimum absolute atomic E-state index is 0.228. The van der Waals surface area contributed by atoms with E-state index in [2.05, 4.69) is 0 Å². The first-order valence-electron chi connectivity index (χ1n) is 6.26. The number of ether oxygens (including phenoxy) is 3. The zero-order valence-electron chi connectivity index (χ0n) is 11.5. The number of carbonyl (C=O) groups excluding carboxylic acids is 2. The third-order valence-corrected chi connectivity index (χ3v) is 3.98. The van der Waals surface area contributed by atoms with Crippen LogP contribution in [0.3, 0.4) is 0 Å². The molecule has 1 fully saturated rings. The Morgan fingerprint density at radius 2 is 2.20 bits per heavy atom. The molecule has 2 atom stereocenters. The summed E-state index contributed by atoms with van der Waals surface area (Å²) in [6.45, 7) is 1.91. The van der Waals surface area contributed by atoms with Crippen molar-refractivity contribution in [3.63, 3.8) is 0 Å². The van der Waals surface area contributed by atoms with E-state index < -0.39 is 17.7 Å². The topological polar surface area (TPSA) is 65.1 Å². The van der Waals surface area contributed by atoms with Crippen LogP contribution in [0.2, 0.25) is 0 Å². The lowest BCUT2D eigenvalue weighted by molar-refractivity contribution is -0.141. The molecule has 2 aliphatic heterocycles. The van der Waals surface area contributed by atoms with Crippen LogP contribution in [-0.4, -0.2) is 32.5 Å². The molecule has 2 heterocycles. The number of nitrogens with zero attached hydrogens (tertiary/aromatic N) is 1. The van der Waals surface area contributed by atoms with Crippen molar-refractivity contribution < 1.29 is 23.8 Å². The molecule has 0 saturated carbocycles. The molecule has 6 nitrogen and oxygen atoms in total. The average molecular weight is 277 g/mol. The second-order valence-corrected chi connectivity index (χ2v) is 5.16. The van der Waals surface area contributed by atoms with Gasteiger partial charge in [0.05, 0.1) is 31.7 Å². The van der Waals surface area contributed by atoms with Gasteiger partial charge in [-0.1, -0.05) is 0 Å². The molecule has 0 spiro atoms. The number of rotatable bonds is 1. The summed E-state index contributed by atoms with van der Waals surface area (Å²) in [5.41, 5.74) is 0.977. The molecular formula is C14H15NO5. The number of anilines is 1. The highest BCUT2D eigenvalue weighted by molar-refractivity contribution is 5.95. The van der Waals surface area contributed by atoms with Gasteiger partial charge in [-0.05, 0) is 30.7 Å². The highest BCUT2D eigenvalue weighted by Crippen LogP contribution is 2.52. The zero-order chi connectivity index (χ0) is 14.5. The van der Waals surface area contributed by atoms with Crippen molar-refractivity contribution in [3.05, 3.63) is 23.8 Å². The lowest BCUT2D eigenvalue weighted by atomic mass is 9.81. The van der Waals surface area contributed by atoms with Crippen LogP contribution >= 0.6 is 0 Å². The SMILES string of the molecule is COC(=O)N1c2ccc(OC)cc2[C@]2(C)CC(=O)O[C@H]12. The van der Waals surface area contributed by atoms with Gasteiger partial charge in [0.1, 0.15) is 5.75 Å². The molecule has 20 heavy (non-hydrogen) atoms. The Kier molecular flexibility index (Phi) is 2.64. The van der Waals surface area contributed by atoms with E-state index in [1.165, 1.54) is 12.0 Å². The van der Waals surface area contributed by atoms with Gasteiger partial charge in [-0.25, -0.2) is 9.69 Å². The highest BCUT2D eigenvalue weighted by atomic mass is 16.6. The smallest absolute Gasteiger partial charge is 0.417 e. The van der Waals surface area contributed by atoms with Gasteiger partial charge in [-0.2, -0.15) is 0 Å². The van der Waals surface area contributed by atoms with Gasteiger partial charge in [-0.15, -0.1) is 0 Å². The lowest BCUT2D eigenvalue weighted by Crippen LogP contribution is -2.43. The van der Waals surface area contributed by atoms with Gasteiger partial charge < -0.3 is 14.2 Å². The Morgan fingerprint density at radius 3 is 2.85 bits per heavy atom. The number of esters is 1. The van der Waals surface area contributed by atoms with E-state index in [1.807, 2.05) is 13.0 Å². The van der Waals surface area contributed by atoms with E-state index in [-0.39, 0.29) is 12.4 Å². The Balaban J connectivity index is 2.17. The first kappa shape index (κ1) is 12.8. The molecule has 1 amide bonds. The van der Waals surface area contributed by atoms with E-state index in [0.29, 0.717) is 11.4 Å². The van der Waals surface area contributed by atoms with Gasteiger partial charge in [0, 0.05) is 0 Å². The standard InChI is InChI=1S/C14H15NO5/c1-14-7-11(16)20-12(14)15(13(17)19-3)10-5-4-8(18-2)6-9(10)14/h4-6,12H,7H2,1-3H3/t12-,14-/m0/s1. The molecule has 0 unspecified atom stereocenters. The minimum Gasteiger partial charge on any atom is -0.497 e. The van der Waals surface area contributed by atoms with Crippen molar-refractivity contribution in [1.29, 1.82) is 0 Å². The fourth-order valence-electron chi connectivity index (χ4n) is 2.98. The molecular weight excluding hydrogens is 262 g/mol. The number of amides is 1. The monoisotopic (exact) mass is 277 g/mol. The summed E-state index contributed by atoms with van der Waals surface area (Å²) in [6, 6.07) is 5.39. The Morgan fingerprint density at radius 1 is 1.45 bits per heavy atom. The predicted octanol–water partition coefficient (Wildman–Crippen LogP) is 1.81. The molecule has 0 radical (unpaired) electrons. The lowest BCUT2D eigenvalue weighted by Gasteiger charge is -2.25. The molecule has 1 aromatic carbocycles. The molecule has 3 rings (SSSR count). The molecule has 1 aromatic rings. The summed E-state index contributed by atoms with van der Waals surface area (Å²) in [6.07, 6.45) is -0.977. The first-order valence-corrected chi connectivity index (χ1v) is 6.26. The number of fused-ring (bicyclic) bond motifs is 3.